The summed E-state index contributed by atoms with van der Waals surface area (Å²) < 4.78 is 8.14. The Bertz CT molecular complexity index is 2840. The lowest BCUT2D eigenvalue weighted by atomic mass is 9.82. The number of benzene rings is 4. The molecule has 270 valence electrons. The van der Waals surface area contributed by atoms with Gasteiger partial charge in [-0.25, -0.2) is 4.90 Å². The van der Waals surface area contributed by atoms with Gasteiger partial charge < -0.3 is 0 Å². The van der Waals surface area contributed by atoms with Crippen molar-refractivity contribution in [3.05, 3.63) is 219 Å². The van der Waals surface area contributed by atoms with Gasteiger partial charge in [0.2, 0.25) is 22.8 Å². The van der Waals surface area contributed by atoms with Crippen LogP contribution in [0.25, 0.3) is 16.7 Å². The van der Waals surface area contributed by atoms with E-state index in [9.17, 15) is 0 Å². The molecule has 7 aliphatic heterocycles. The Morgan fingerprint density at radius 2 is 1.25 bits per heavy atom. The minimum absolute atomic E-state index is 0.0718. The van der Waals surface area contributed by atoms with E-state index in [1.54, 1.807) is 0 Å². The normalized spacial score (nSPS) is 23.3. The van der Waals surface area contributed by atoms with Gasteiger partial charge in [-0.1, -0.05) is 152 Å². The first kappa shape index (κ1) is 32.0. The van der Waals surface area contributed by atoms with Gasteiger partial charge in [0.15, 0.2) is 0 Å². The van der Waals surface area contributed by atoms with Crippen molar-refractivity contribution >= 4 is 28.1 Å². The maximum absolute atomic E-state index is 2.80. The van der Waals surface area contributed by atoms with Crippen molar-refractivity contribution in [2.24, 2.45) is 0 Å². The molecule has 4 heteroatoms. The lowest BCUT2D eigenvalue weighted by Crippen LogP contribution is -2.73. The molecule has 8 heterocycles. The van der Waals surface area contributed by atoms with E-state index in [1.807, 2.05) is 0 Å². The third-order valence-electron chi connectivity index (χ3n) is 13.3. The van der Waals surface area contributed by atoms with Crippen molar-refractivity contribution < 1.29 is 9.15 Å². The van der Waals surface area contributed by atoms with Crippen LogP contribution in [0.3, 0.4) is 0 Å². The second kappa shape index (κ2) is 10.9. The summed E-state index contributed by atoms with van der Waals surface area (Å²) in [6.45, 7) is 11.3. The molecule has 0 saturated heterocycles. The van der Waals surface area contributed by atoms with Gasteiger partial charge in [-0.15, -0.1) is 0 Å². The first-order valence-corrected chi connectivity index (χ1v) is 20.3. The van der Waals surface area contributed by atoms with Gasteiger partial charge in [-0.2, -0.15) is 4.57 Å². The van der Waals surface area contributed by atoms with Crippen molar-refractivity contribution in [1.82, 2.24) is 9.47 Å². The highest BCUT2D eigenvalue weighted by atomic mass is 15.7. The van der Waals surface area contributed by atoms with E-state index in [0.717, 1.165) is 6.42 Å². The topological polar surface area (TPSA) is 14.2 Å². The van der Waals surface area contributed by atoms with E-state index in [1.165, 1.54) is 95.6 Å². The van der Waals surface area contributed by atoms with Crippen LogP contribution in [0.4, 0.5) is 0 Å². The second-order valence-corrected chi connectivity index (χ2v) is 17.3. The summed E-state index contributed by atoms with van der Waals surface area (Å²) in [7, 11) is 0. The molecule has 0 saturated carbocycles. The minimum Gasteiger partial charge on any atom is -0.222 e. The molecule has 0 N–H and O–H groups in total. The van der Waals surface area contributed by atoms with Gasteiger partial charge >= 0.3 is 5.91 Å². The standard InChI is InChI=1S/C52H44N4/c1-6-33-14-18-36(19-15-33)49-43-27-25-40-47(34-10-8-7-9-11-34)39-24-26-41-48(35-16-12-32(2)13-17-35)42-28-30-45-50(37-20-22-38(23-21-37)51(3,4)5)46-31-29-44(49)56(46)52(53(39)41,54(40)43)55(42)45/h7-31,44,49H,6H2,1-5H3/q+2/t44?,49?,52-/m0/s1. The molecule has 1 spiro atoms. The number of aromatic nitrogens is 1. The molecule has 0 radical (unpaired) electrons. The van der Waals surface area contributed by atoms with E-state index in [2.05, 4.69) is 205 Å². The fourth-order valence-corrected chi connectivity index (χ4v) is 10.7. The minimum atomic E-state index is -0.721. The average molecular weight is 725 g/mol. The van der Waals surface area contributed by atoms with Gasteiger partial charge in [-0.05, 0) is 70.3 Å². The largest absolute Gasteiger partial charge is 0.549 e. The number of nitrogens with zero attached hydrogens (tertiary/aromatic N) is 4. The number of rotatable bonds is 5. The predicted octanol–water partition coefficient (Wildman–Crippen LogP) is 10.3. The fourth-order valence-electron chi connectivity index (χ4n) is 10.7. The van der Waals surface area contributed by atoms with E-state index in [0.29, 0.717) is 0 Å². The van der Waals surface area contributed by atoms with Crippen molar-refractivity contribution in [2.45, 2.75) is 64.3 Å². The lowest BCUT2D eigenvalue weighted by molar-refractivity contribution is -0.858. The van der Waals surface area contributed by atoms with Gasteiger partial charge in [0.25, 0.3) is 0 Å². The second-order valence-electron chi connectivity index (χ2n) is 17.3. The van der Waals surface area contributed by atoms with E-state index in [4.69, 9.17) is 0 Å². The molecule has 0 bridgehead atoms. The molecule has 0 aliphatic carbocycles. The Hall–Kier alpha value is -6.26. The van der Waals surface area contributed by atoms with Crippen LogP contribution >= 0.6 is 0 Å². The van der Waals surface area contributed by atoms with Crippen molar-refractivity contribution in [1.29, 1.82) is 0 Å². The third-order valence-corrected chi connectivity index (χ3v) is 13.3. The van der Waals surface area contributed by atoms with Crippen molar-refractivity contribution in [3.63, 3.8) is 0 Å². The van der Waals surface area contributed by atoms with Gasteiger partial charge in [-0.3, -0.25) is 0 Å². The van der Waals surface area contributed by atoms with Crippen LogP contribution in [0.2, 0.25) is 0 Å². The molecule has 1 aromatic heterocycles. The van der Waals surface area contributed by atoms with Gasteiger partial charge in [0, 0.05) is 24.3 Å². The predicted molar refractivity (Wildman–Crippen MR) is 226 cm³/mol. The highest BCUT2D eigenvalue weighted by Crippen LogP contribution is 2.60. The highest BCUT2D eigenvalue weighted by molar-refractivity contribution is 6.29. The van der Waals surface area contributed by atoms with Crippen molar-refractivity contribution in [2.75, 3.05) is 0 Å². The molecule has 0 amide bonds. The molecule has 2 unspecified atom stereocenters. The van der Waals surface area contributed by atoms with E-state index in [-0.39, 0.29) is 17.4 Å². The zero-order chi connectivity index (χ0) is 37.7. The van der Waals surface area contributed by atoms with Crippen LogP contribution in [0.5, 0.6) is 0 Å². The number of hydrogen-bond donors (Lipinski definition) is 0. The number of allylic oxidation sites excluding steroid dienone is 6. The average Bonchev–Trinajstić information content (AvgIpc) is 4.04. The lowest BCUT2D eigenvalue weighted by Gasteiger charge is -2.50. The molecule has 7 aliphatic rings. The molecular weight excluding hydrogens is 681 g/mol. The van der Waals surface area contributed by atoms with Crippen molar-refractivity contribution in [3.8, 4) is 0 Å². The number of aryl methyl sites for hydroxylation is 2. The summed E-state index contributed by atoms with van der Waals surface area (Å²) in [5, 5.41) is 0. The number of hydrogen-bond acceptors (Lipinski definition) is 1. The Labute approximate surface area is 329 Å². The molecule has 12 rings (SSSR count). The van der Waals surface area contributed by atoms with Crippen LogP contribution in [0.1, 0.15) is 83.9 Å². The monoisotopic (exact) mass is 724 g/mol. The summed E-state index contributed by atoms with van der Waals surface area (Å²) in [4.78, 5) is 2.80. The maximum atomic E-state index is 2.80. The Balaban J connectivity index is 1.23. The summed E-state index contributed by atoms with van der Waals surface area (Å²) in [6.07, 6.45) is 15.6. The molecule has 0 fully saturated rings. The Kier molecular flexibility index (Phi) is 6.26. The Morgan fingerprint density at radius 3 is 1.93 bits per heavy atom. The van der Waals surface area contributed by atoms with Gasteiger partial charge in [0.1, 0.15) is 0 Å². The molecule has 4 aromatic carbocycles. The van der Waals surface area contributed by atoms with E-state index < -0.39 is 5.91 Å². The van der Waals surface area contributed by atoms with Crippen LogP contribution < -0.4 is 0 Å². The zero-order valence-corrected chi connectivity index (χ0v) is 32.6. The smallest absolute Gasteiger partial charge is 0.222 e. The summed E-state index contributed by atoms with van der Waals surface area (Å²) in [5.41, 5.74) is 21.8. The highest BCUT2D eigenvalue weighted by Gasteiger charge is 2.78. The van der Waals surface area contributed by atoms with Crippen LogP contribution in [0.15, 0.2) is 169 Å². The third kappa shape index (κ3) is 3.89. The molecular formula is C52H44N4+2. The van der Waals surface area contributed by atoms with Crippen LogP contribution in [-0.2, 0) is 17.7 Å². The van der Waals surface area contributed by atoms with Crippen LogP contribution in [0, 0.1) is 6.92 Å². The van der Waals surface area contributed by atoms with E-state index >= 15 is 0 Å². The molecule has 3 atom stereocenters. The molecule has 4 nitrogen and oxygen atoms in total. The van der Waals surface area contributed by atoms with Crippen LogP contribution in [-0.4, -0.2) is 36.1 Å². The van der Waals surface area contributed by atoms with Gasteiger partial charge in [0.05, 0.1) is 45.8 Å². The summed E-state index contributed by atoms with van der Waals surface area (Å²) in [5.74, 6) is -0.597. The first-order chi connectivity index (χ1) is 27.3. The quantitative estimate of drug-likeness (QED) is 0.165. The molecule has 56 heavy (non-hydrogen) atoms. The first-order valence-electron chi connectivity index (χ1n) is 20.3. The Morgan fingerprint density at radius 1 is 0.625 bits per heavy atom. The molecule has 5 aromatic rings. The summed E-state index contributed by atoms with van der Waals surface area (Å²) in [6, 6.07) is 43.9. The maximum Gasteiger partial charge on any atom is 0.549 e. The summed E-state index contributed by atoms with van der Waals surface area (Å²) >= 11 is 0. The zero-order valence-electron chi connectivity index (χ0n) is 32.6. The fraction of sp³-hybridized carbons (Fsp3) is 0.192. The SMILES string of the molecule is CCc1ccc(C2C3=[N+]4C(=C(c5ccccc5)c5ccc6n5[C@]45N4C(=C(c7ccc(C(C)(C)C)cc7)C7=[N+]5C(=C6c5ccc(C)cc5)C=C7)C=CC24)C=C3)cc1.